The van der Waals surface area contributed by atoms with Gasteiger partial charge in [0, 0.05) is 0 Å². The van der Waals surface area contributed by atoms with Crippen LogP contribution in [0.2, 0.25) is 0 Å². The van der Waals surface area contributed by atoms with Gasteiger partial charge in [-0.1, -0.05) is 63.7 Å². The van der Waals surface area contributed by atoms with E-state index < -0.39 is 93.6 Å². The number of carbonyl (C=O) groups is 8. The van der Waals surface area contributed by atoms with Crippen molar-refractivity contribution >= 4 is 112 Å². The zero-order chi connectivity index (χ0) is 63.0. The summed E-state index contributed by atoms with van der Waals surface area (Å²) in [6, 6.07) is -1.54. The van der Waals surface area contributed by atoms with Crippen LogP contribution in [0.15, 0.2) is 0 Å². The lowest BCUT2D eigenvalue weighted by atomic mass is 10.0. The molecular weight excluding hydrogens is 1370 g/mol. The van der Waals surface area contributed by atoms with Crippen molar-refractivity contribution in [3.8, 4) is 0 Å². The second kappa shape index (κ2) is 21.5. The van der Waals surface area contributed by atoms with Gasteiger partial charge in [0.1, 0.15) is 71.2 Å². The first-order valence-corrected chi connectivity index (χ1v) is 32.0. The molecule has 0 unspecified atom stereocenters. The molecule has 4 aliphatic carbocycles. The fourth-order valence-electron chi connectivity index (χ4n) is 13.3. The minimum absolute atomic E-state index is 0.163. The molecule has 12 rings (SSSR count). The zero-order valence-electron chi connectivity index (χ0n) is 51.0. The maximum atomic E-state index is 12.5. The summed E-state index contributed by atoms with van der Waals surface area (Å²) < 4.78 is 68.2. The number of hydrogen-bond acceptors (Lipinski definition) is 20. The van der Waals surface area contributed by atoms with E-state index in [1.54, 1.807) is 83.1 Å². The predicted molar refractivity (Wildman–Crippen MR) is 308 cm³/mol. The van der Waals surface area contributed by atoms with Crippen molar-refractivity contribution in [3.05, 3.63) is 0 Å². The average Bonchev–Trinajstić information content (AvgIpc) is 1.64. The molecule has 8 aliphatic heterocycles. The summed E-state index contributed by atoms with van der Waals surface area (Å²) in [6.45, 7) is 35.8. The van der Waals surface area contributed by atoms with Crippen LogP contribution in [0.4, 0.5) is 19.2 Å². The van der Waals surface area contributed by atoms with Gasteiger partial charge in [-0.25, -0.2) is 38.8 Å². The number of piperidine rings is 4. The van der Waals surface area contributed by atoms with E-state index in [4.69, 9.17) is 56.8 Å². The van der Waals surface area contributed by atoms with E-state index in [2.05, 4.69) is 63.7 Å². The molecule has 0 aromatic heterocycles. The Hall–Kier alpha value is -2.64. The highest BCUT2D eigenvalue weighted by Crippen LogP contribution is 2.56. The average molecular weight is 1450 g/mol. The molecule has 24 nitrogen and oxygen atoms in total. The predicted octanol–water partition coefficient (Wildman–Crippen LogP) is 8.18. The molecule has 0 aromatic carbocycles. The van der Waals surface area contributed by atoms with E-state index in [0.29, 0.717) is 0 Å². The van der Waals surface area contributed by atoms with Crippen LogP contribution >= 0.6 is 63.7 Å². The van der Waals surface area contributed by atoms with Gasteiger partial charge in [0.2, 0.25) is 23.6 Å². The van der Waals surface area contributed by atoms with Gasteiger partial charge in [0.25, 0.3) is 0 Å². The normalized spacial score (nSPS) is 40.6. The first-order valence-electron chi connectivity index (χ1n) is 28.3. The minimum Gasteiger partial charge on any atom is -0.443 e. The fraction of sp³-hybridized carbons (Fsp3) is 0.857. The SMILES string of the molecule is CC(C)(C)OC(=O)N1C(=O)[C@H]2[C@H](Br)[C@@H]1[C@@H]1OC(C)(C)O[C@@H]12.CC(C)(C)OC(=O)N1C(=O)[C@H]2[C@H](Br)[C@@H]1[C@@H]1OC(C)(C)O[C@@H]12.CC(C)(C)OC(=O)N1C(=O)[C@H]2[C@H](Br)[C@@H]1[C@@H]1OC(C)(C)O[C@@H]12.CC(C)(C)OC(=O)N1C(=O)[C@H]2[C@H](Br)[C@@H]1[C@@H]1OC(C)(C)O[C@@H]12. The molecule has 28 heteroatoms. The van der Waals surface area contributed by atoms with Crippen LogP contribution in [0.5, 0.6) is 0 Å². The third-order valence-electron chi connectivity index (χ3n) is 15.7. The van der Waals surface area contributed by atoms with Gasteiger partial charge in [-0.05, 0) is 138 Å². The second-order valence-corrected chi connectivity index (χ2v) is 33.1. The van der Waals surface area contributed by atoms with Crippen molar-refractivity contribution in [2.24, 2.45) is 23.7 Å². The van der Waals surface area contributed by atoms with Crippen molar-refractivity contribution in [1.29, 1.82) is 0 Å². The highest BCUT2D eigenvalue weighted by Gasteiger charge is 2.74. The molecule has 8 heterocycles. The van der Waals surface area contributed by atoms with Crippen LogP contribution < -0.4 is 0 Å². The molecule has 12 fully saturated rings. The van der Waals surface area contributed by atoms with E-state index in [9.17, 15) is 38.4 Å². The molecule has 8 bridgehead atoms. The van der Waals surface area contributed by atoms with Crippen LogP contribution in [-0.4, -0.2) is 205 Å². The molecular formula is C56H80Br4N4O20. The summed E-state index contributed by atoms with van der Waals surface area (Å²) in [7, 11) is 0. The Labute approximate surface area is 523 Å². The molecule has 12 aliphatic rings. The highest BCUT2D eigenvalue weighted by molar-refractivity contribution is 9.10. The number of hydrogen-bond donors (Lipinski definition) is 0. The van der Waals surface area contributed by atoms with E-state index >= 15 is 0 Å². The van der Waals surface area contributed by atoms with Gasteiger partial charge >= 0.3 is 24.4 Å². The number of likely N-dealkylation sites (tertiary alicyclic amines) is 4. The van der Waals surface area contributed by atoms with Gasteiger partial charge in [0.05, 0.1) is 67.1 Å². The summed E-state index contributed by atoms with van der Waals surface area (Å²) in [4.78, 5) is 103. The third-order valence-corrected chi connectivity index (χ3v) is 20.2. The Morgan fingerprint density at radius 2 is 0.464 bits per heavy atom. The Morgan fingerprint density at radius 3 is 0.607 bits per heavy atom. The summed E-state index contributed by atoms with van der Waals surface area (Å²) in [5, 5.41) is 0. The van der Waals surface area contributed by atoms with E-state index in [1.165, 1.54) is 19.6 Å². The van der Waals surface area contributed by atoms with Crippen LogP contribution in [0, 0.1) is 23.7 Å². The second-order valence-electron chi connectivity index (χ2n) is 28.9. The molecule has 0 N–H and O–H groups in total. The van der Waals surface area contributed by atoms with Crippen molar-refractivity contribution in [2.75, 3.05) is 0 Å². The minimum atomic E-state index is -0.733. The third kappa shape index (κ3) is 12.0. The van der Waals surface area contributed by atoms with Crippen LogP contribution in [-0.2, 0) is 76.0 Å². The number of halogens is 4. The maximum absolute atomic E-state index is 12.5. The number of ether oxygens (including phenoxy) is 12. The lowest BCUT2D eigenvalue weighted by Crippen LogP contribution is -2.54. The topological polar surface area (TPSA) is 260 Å². The summed E-state index contributed by atoms with van der Waals surface area (Å²) in [5.41, 5.74) is -2.58. The Morgan fingerprint density at radius 1 is 0.321 bits per heavy atom. The Bertz CT molecular complexity index is 2360. The van der Waals surface area contributed by atoms with Crippen LogP contribution in [0.1, 0.15) is 138 Å². The summed E-state index contributed by atoms with van der Waals surface area (Å²) in [6.07, 6.45) is -4.90. The molecule has 4 saturated carbocycles. The van der Waals surface area contributed by atoms with Gasteiger partial charge in [0.15, 0.2) is 23.1 Å². The number of nitrogens with zero attached hydrogens (tertiary/aromatic N) is 4. The highest BCUT2D eigenvalue weighted by atomic mass is 79.9. The molecule has 0 radical (unpaired) electrons. The lowest BCUT2D eigenvalue weighted by molar-refractivity contribution is -0.156. The van der Waals surface area contributed by atoms with Crippen molar-refractivity contribution in [3.63, 3.8) is 0 Å². The Balaban J connectivity index is 0.000000134. The van der Waals surface area contributed by atoms with Gasteiger partial charge < -0.3 is 56.8 Å². The van der Waals surface area contributed by atoms with Crippen molar-refractivity contribution in [2.45, 2.75) is 276 Å². The zero-order valence-corrected chi connectivity index (χ0v) is 57.4. The number of alkyl halides is 4. The molecule has 8 saturated heterocycles. The number of fused-ring (bicyclic) bond motifs is 20. The molecule has 0 spiro atoms. The van der Waals surface area contributed by atoms with Crippen LogP contribution in [0.25, 0.3) is 0 Å². The van der Waals surface area contributed by atoms with Crippen molar-refractivity contribution in [1.82, 2.24) is 19.6 Å². The maximum Gasteiger partial charge on any atom is 0.417 e. The fourth-order valence-corrected chi connectivity index (χ4v) is 17.6. The van der Waals surface area contributed by atoms with Crippen molar-refractivity contribution < 1.29 is 95.2 Å². The molecule has 20 atom stereocenters. The van der Waals surface area contributed by atoms with Gasteiger partial charge in [-0.2, -0.15) is 0 Å². The molecule has 472 valence electrons. The number of carbonyl (C=O) groups excluding carboxylic acids is 8. The quantitative estimate of drug-likeness (QED) is 0.163. The van der Waals surface area contributed by atoms with Crippen LogP contribution in [0.3, 0.4) is 0 Å². The lowest BCUT2D eigenvalue weighted by Gasteiger charge is -2.32. The van der Waals surface area contributed by atoms with Gasteiger partial charge in [-0.3, -0.25) is 19.2 Å². The Kier molecular flexibility index (Phi) is 16.9. The molecule has 84 heavy (non-hydrogen) atoms. The number of imide groups is 4. The molecule has 0 aromatic rings. The first kappa shape index (κ1) is 65.8. The van der Waals surface area contributed by atoms with Gasteiger partial charge in [-0.15, -0.1) is 0 Å². The van der Waals surface area contributed by atoms with E-state index in [-0.39, 0.29) is 116 Å². The van der Waals surface area contributed by atoms with E-state index in [0.717, 1.165) is 0 Å². The summed E-state index contributed by atoms with van der Waals surface area (Å²) in [5.74, 6) is -5.57. The first-order chi connectivity index (χ1) is 38.1. The standard InChI is InChI=1S/4C14H20BrNO5/c4*1-13(2,3)21-12(18)16-8-7(15)6(11(16)17)9-10(8)20-14(4,5)19-9/h4*6-10H,1-5H3/t4*6-,7-,8+,9+,10-/m0000/s1. The summed E-state index contributed by atoms with van der Waals surface area (Å²) >= 11 is 14.1. The monoisotopic (exact) mass is 1440 g/mol. The molecule has 8 amide bonds. The number of amides is 8. The largest absolute Gasteiger partial charge is 0.443 e. The smallest absolute Gasteiger partial charge is 0.417 e. The van der Waals surface area contributed by atoms with E-state index in [1.807, 2.05) is 55.4 Å². The number of rotatable bonds is 0.